The third kappa shape index (κ3) is 3.06. The zero-order valence-corrected chi connectivity index (χ0v) is 10.3. The molecule has 0 fully saturated rings. The molecule has 19 heavy (non-hydrogen) atoms. The highest BCUT2D eigenvalue weighted by molar-refractivity contribution is 5.30. The molecule has 0 aliphatic rings. The van der Waals surface area contributed by atoms with Crippen LogP contribution in [0, 0.1) is 11.6 Å². The number of methoxy groups -OCH3 is 1. The summed E-state index contributed by atoms with van der Waals surface area (Å²) < 4.78 is 31.6. The lowest BCUT2D eigenvalue weighted by Gasteiger charge is -2.14. The van der Waals surface area contributed by atoms with E-state index >= 15 is 0 Å². The molecule has 1 aromatic heterocycles. The molecule has 1 atom stereocenters. The number of aliphatic hydroxyl groups excluding tert-OH is 1. The van der Waals surface area contributed by atoms with Crippen LogP contribution in [-0.4, -0.2) is 17.2 Å². The first-order valence-corrected chi connectivity index (χ1v) is 5.72. The molecule has 3 nitrogen and oxygen atoms in total. The summed E-state index contributed by atoms with van der Waals surface area (Å²) in [5.41, 5.74) is 0.548. The third-order valence-corrected chi connectivity index (χ3v) is 2.77. The van der Waals surface area contributed by atoms with Crippen molar-refractivity contribution in [2.24, 2.45) is 0 Å². The number of ether oxygens (including phenoxy) is 1. The summed E-state index contributed by atoms with van der Waals surface area (Å²) in [5, 5.41) is 10.1. The summed E-state index contributed by atoms with van der Waals surface area (Å²) >= 11 is 0. The van der Waals surface area contributed by atoms with Crippen LogP contribution in [0.15, 0.2) is 36.5 Å². The molecule has 2 aromatic rings. The van der Waals surface area contributed by atoms with Gasteiger partial charge in [-0.05, 0) is 35.9 Å². The topological polar surface area (TPSA) is 42.4 Å². The molecule has 0 amide bonds. The predicted molar refractivity (Wildman–Crippen MR) is 65.8 cm³/mol. The van der Waals surface area contributed by atoms with E-state index in [1.54, 1.807) is 12.1 Å². The fourth-order valence-corrected chi connectivity index (χ4v) is 1.85. The van der Waals surface area contributed by atoms with E-state index < -0.39 is 17.7 Å². The van der Waals surface area contributed by atoms with Gasteiger partial charge < -0.3 is 9.84 Å². The Labute approximate surface area is 109 Å². The van der Waals surface area contributed by atoms with Gasteiger partial charge >= 0.3 is 0 Å². The number of aromatic nitrogens is 1. The summed E-state index contributed by atoms with van der Waals surface area (Å²) in [6.07, 6.45) is 0.462. The Morgan fingerprint density at radius 1 is 1.32 bits per heavy atom. The molecule has 100 valence electrons. The molecule has 1 unspecified atom stereocenters. The van der Waals surface area contributed by atoms with Crippen molar-refractivity contribution in [3.8, 4) is 5.88 Å². The fourth-order valence-electron chi connectivity index (χ4n) is 1.85. The van der Waals surface area contributed by atoms with Gasteiger partial charge in [-0.25, -0.2) is 13.8 Å². The predicted octanol–water partition coefficient (Wildman–Crippen LogP) is 2.64. The lowest BCUT2D eigenvalue weighted by molar-refractivity contribution is 0.171. The Morgan fingerprint density at radius 3 is 2.84 bits per heavy atom. The van der Waals surface area contributed by atoms with E-state index in [-0.39, 0.29) is 17.9 Å². The van der Waals surface area contributed by atoms with Gasteiger partial charge in [0.25, 0.3) is 0 Å². The van der Waals surface area contributed by atoms with Crippen molar-refractivity contribution < 1.29 is 18.6 Å². The smallest absolute Gasteiger partial charge is 0.218 e. The molecule has 5 heteroatoms. The minimum Gasteiger partial charge on any atom is -0.481 e. The maximum atomic E-state index is 13.5. The highest BCUT2D eigenvalue weighted by Crippen LogP contribution is 2.26. The van der Waals surface area contributed by atoms with Crippen molar-refractivity contribution in [1.29, 1.82) is 0 Å². The van der Waals surface area contributed by atoms with Gasteiger partial charge in [-0.15, -0.1) is 0 Å². The molecule has 0 aliphatic heterocycles. The van der Waals surface area contributed by atoms with Gasteiger partial charge in [0.05, 0.1) is 13.2 Å². The number of rotatable bonds is 4. The summed E-state index contributed by atoms with van der Waals surface area (Å²) in [7, 11) is 1.43. The Balaban J connectivity index is 2.25. The quantitative estimate of drug-likeness (QED) is 0.924. The van der Waals surface area contributed by atoms with Crippen LogP contribution in [0.1, 0.15) is 17.2 Å². The summed E-state index contributed by atoms with van der Waals surface area (Å²) in [5.74, 6) is -0.822. The van der Waals surface area contributed by atoms with Crippen LogP contribution in [0.3, 0.4) is 0 Å². The highest BCUT2D eigenvalue weighted by Gasteiger charge is 2.16. The summed E-state index contributed by atoms with van der Waals surface area (Å²) in [6, 6.07) is 6.42. The van der Waals surface area contributed by atoms with Gasteiger partial charge in [-0.2, -0.15) is 0 Å². The lowest BCUT2D eigenvalue weighted by Crippen LogP contribution is -2.06. The Morgan fingerprint density at radius 2 is 2.11 bits per heavy atom. The Bertz CT molecular complexity index is 575. The van der Waals surface area contributed by atoms with Crippen LogP contribution >= 0.6 is 0 Å². The van der Waals surface area contributed by atoms with Gasteiger partial charge in [0.1, 0.15) is 11.6 Å². The van der Waals surface area contributed by atoms with E-state index in [0.717, 1.165) is 18.2 Å². The Hall–Kier alpha value is -2.01. The number of benzene rings is 1. The molecule has 1 aromatic carbocycles. The molecule has 0 saturated carbocycles. The first-order chi connectivity index (χ1) is 9.11. The molecule has 0 radical (unpaired) electrons. The van der Waals surface area contributed by atoms with Crippen LogP contribution in [0.2, 0.25) is 0 Å². The minimum atomic E-state index is -1.01. The van der Waals surface area contributed by atoms with Gasteiger partial charge in [-0.1, -0.05) is 0 Å². The van der Waals surface area contributed by atoms with Crippen molar-refractivity contribution in [3.05, 3.63) is 59.3 Å². The van der Waals surface area contributed by atoms with Crippen molar-refractivity contribution in [2.45, 2.75) is 12.5 Å². The first-order valence-electron chi connectivity index (χ1n) is 5.72. The van der Waals surface area contributed by atoms with Crippen molar-refractivity contribution in [1.82, 2.24) is 4.98 Å². The van der Waals surface area contributed by atoms with Crippen LogP contribution in [0.5, 0.6) is 5.88 Å². The molecule has 1 N–H and O–H groups in total. The average Bonchev–Trinajstić information content (AvgIpc) is 2.42. The SMILES string of the molecule is COc1ncccc1C(O)Cc1cc(F)ccc1F. The Kier molecular flexibility index (Phi) is 4.06. The van der Waals surface area contributed by atoms with E-state index in [9.17, 15) is 13.9 Å². The molecule has 0 bridgehead atoms. The van der Waals surface area contributed by atoms with Gasteiger partial charge in [0, 0.05) is 18.2 Å². The number of hydrogen-bond acceptors (Lipinski definition) is 3. The average molecular weight is 265 g/mol. The summed E-state index contributed by atoms with van der Waals surface area (Å²) in [6.45, 7) is 0. The maximum absolute atomic E-state index is 13.5. The maximum Gasteiger partial charge on any atom is 0.218 e. The fraction of sp³-hybridized carbons (Fsp3) is 0.214. The molecule has 1 heterocycles. The summed E-state index contributed by atoms with van der Waals surface area (Å²) in [4.78, 5) is 3.95. The van der Waals surface area contributed by atoms with Crippen LogP contribution in [0.4, 0.5) is 8.78 Å². The van der Waals surface area contributed by atoms with Gasteiger partial charge in [-0.3, -0.25) is 0 Å². The van der Waals surface area contributed by atoms with Gasteiger partial charge in [0.2, 0.25) is 5.88 Å². The molecule has 2 rings (SSSR count). The highest BCUT2D eigenvalue weighted by atomic mass is 19.1. The molecule has 0 spiro atoms. The molecule has 0 aliphatic carbocycles. The molecular weight excluding hydrogens is 252 g/mol. The number of aliphatic hydroxyl groups is 1. The zero-order chi connectivity index (χ0) is 13.8. The van der Waals surface area contributed by atoms with Crippen LogP contribution < -0.4 is 4.74 Å². The molecular formula is C14H13F2NO2. The van der Waals surface area contributed by atoms with Crippen LogP contribution in [0.25, 0.3) is 0 Å². The normalized spacial score (nSPS) is 12.2. The van der Waals surface area contributed by atoms with E-state index in [1.807, 2.05) is 0 Å². The van der Waals surface area contributed by atoms with Gasteiger partial charge in [0.15, 0.2) is 0 Å². The van der Waals surface area contributed by atoms with E-state index in [0.29, 0.717) is 5.56 Å². The van der Waals surface area contributed by atoms with Crippen LogP contribution in [-0.2, 0) is 6.42 Å². The minimum absolute atomic E-state index is 0.0500. The van der Waals surface area contributed by atoms with Crippen molar-refractivity contribution in [2.75, 3.05) is 7.11 Å². The van der Waals surface area contributed by atoms with Crippen molar-refractivity contribution >= 4 is 0 Å². The number of nitrogens with zero attached hydrogens (tertiary/aromatic N) is 1. The second-order valence-corrected chi connectivity index (χ2v) is 4.06. The number of pyridine rings is 1. The van der Waals surface area contributed by atoms with E-state index in [1.165, 1.54) is 13.3 Å². The number of halogens is 2. The monoisotopic (exact) mass is 265 g/mol. The third-order valence-electron chi connectivity index (χ3n) is 2.77. The standard InChI is InChI=1S/C14H13F2NO2/c1-19-14-11(3-2-6-17-14)13(18)8-9-7-10(15)4-5-12(9)16/h2-7,13,18H,8H2,1H3. The van der Waals surface area contributed by atoms with Crippen molar-refractivity contribution in [3.63, 3.8) is 0 Å². The largest absolute Gasteiger partial charge is 0.481 e. The number of hydrogen-bond donors (Lipinski definition) is 1. The second-order valence-electron chi connectivity index (χ2n) is 4.06. The second kappa shape index (κ2) is 5.75. The van der Waals surface area contributed by atoms with E-state index in [4.69, 9.17) is 4.74 Å². The lowest BCUT2D eigenvalue weighted by atomic mass is 10.0. The first kappa shape index (κ1) is 13.4. The zero-order valence-electron chi connectivity index (χ0n) is 10.3. The molecule has 0 saturated heterocycles. The van der Waals surface area contributed by atoms with E-state index in [2.05, 4.69) is 4.98 Å².